The van der Waals surface area contributed by atoms with Crippen LogP contribution >= 0.6 is 0 Å². The second kappa shape index (κ2) is 3.56. The van der Waals surface area contributed by atoms with E-state index in [2.05, 4.69) is 38.1 Å². The van der Waals surface area contributed by atoms with E-state index in [9.17, 15) is 4.79 Å². The van der Waals surface area contributed by atoms with Crippen LogP contribution < -0.4 is 0 Å². The van der Waals surface area contributed by atoms with Gasteiger partial charge in [0.1, 0.15) is 5.78 Å². The smallest absolute Gasteiger partial charge is 0.133 e. The number of aryl methyl sites for hydroxylation is 1. The third-order valence-electron chi connectivity index (χ3n) is 3.19. The van der Waals surface area contributed by atoms with E-state index in [-0.39, 0.29) is 0 Å². The van der Waals surface area contributed by atoms with Crippen LogP contribution in [0.2, 0.25) is 0 Å². The number of ketones is 1. The molecule has 1 aliphatic rings. The summed E-state index contributed by atoms with van der Waals surface area (Å²) in [7, 11) is 0. The first-order chi connectivity index (χ1) is 6.66. The van der Waals surface area contributed by atoms with E-state index in [1.807, 2.05) is 0 Å². The summed E-state index contributed by atoms with van der Waals surface area (Å²) in [5.41, 5.74) is 2.61. The number of carbonyl (C=O) groups excluding carboxylic acids is 1. The topological polar surface area (TPSA) is 17.1 Å². The molecule has 1 aromatic rings. The molecule has 0 aromatic heterocycles. The van der Waals surface area contributed by atoms with E-state index < -0.39 is 0 Å². The average Bonchev–Trinajstić information content (AvgIpc) is 2.47. The molecule has 0 saturated heterocycles. The molecule has 1 saturated carbocycles. The van der Waals surface area contributed by atoms with Crippen molar-refractivity contribution in [3.05, 3.63) is 35.4 Å². The molecule has 0 amide bonds. The molecule has 2 rings (SSSR count). The average molecular weight is 188 g/mol. The lowest BCUT2D eigenvalue weighted by Gasteiger charge is -2.14. The fraction of sp³-hybridized carbons (Fsp3) is 0.462. The third kappa shape index (κ3) is 1.72. The molecule has 1 heteroatoms. The zero-order valence-electron chi connectivity index (χ0n) is 8.79. The fourth-order valence-electron chi connectivity index (χ4n) is 2.29. The van der Waals surface area contributed by atoms with Crippen LogP contribution in [0, 0.1) is 12.8 Å². The van der Waals surface area contributed by atoms with Gasteiger partial charge < -0.3 is 0 Å². The fourth-order valence-corrected chi connectivity index (χ4v) is 2.29. The van der Waals surface area contributed by atoms with Gasteiger partial charge in [-0.3, -0.25) is 4.79 Å². The van der Waals surface area contributed by atoms with Crippen molar-refractivity contribution in [2.24, 2.45) is 5.92 Å². The molecule has 2 atom stereocenters. The van der Waals surface area contributed by atoms with Crippen LogP contribution in [0.15, 0.2) is 24.3 Å². The summed E-state index contributed by atoms with van der Waals surface area (Å²) in [4.78, 5) is 11.3. The molecule has 1 nitrogen and oxygen atoms in total. The first-order valence-electron chi connectivity index (χ1n) is 5.25. The summed E-state index contributed by atoms with van der Waals surface area (Å²) < 4.78 is 0. The lowest BCUT2D eigenvalue weighted by atomic mass is 9.90. The van der Waals surface area contributed by atoms with Gasteiger partial charge in [-0.05, 0) is 24.3 Å². The number of carbonyl (C=O) groups is 1. The quantitative estimate of drug-likeness (QED) is 0.662. The molecule has 14 heavy (non-hydrogen) atoms. The Kier molecular flexibility index (Phi) is 2.40. The maximum absolute atomic E-state index is 11.3. The summed E-state index contributed by atoms with van der Waals surface area (Å²) in [6, 6.07) is 8.58. The summed E-state index contributed by atoms with van der Waals surface area (Å²) in [5, 5.41) is 0. The highest BCUT2D eigenvalue weighted by Crippen LogP contribution is 2.37. The number of hydrogen-bond donors (Lipinski definition) is 0. The minimum Gasteiger partial charge on any atom is -0.300 e. The predicted octanol–water partition coefficient (Wildman–Crippen LogP) is 3.08. The molecule has 0 spiro atoms. The van der Waals surface area contributed by atoms with E-state index in [1.165, 1.54) is 11.1 Å². The lowest BCUT2D eigenvalue weighted by Crippen LogP contribution is -2.01. The van der Waals surface area contributed by atoms with Crippen LogP contribution in [-0.4, -0.2) is 5.78 Å². The molecule has 1 fully saturated rings. The van der Waals surface area contributed by atoms with Gasteiger partial charge in [0.2, 0.25) is 0 Å². The molecule has 0 unspecified atom stereocenters. The van der Waals surface area contributed by atoms with Crippen LogP contribution in [0.1, 0.15) is 36.8 Å². The van der Waals surface area contributed by atoms with Gasteiger partial charge in [0.05, 0.1) is 0 Å². The van der Waals surface area contributed by atoms with Gasteiger partial charge in [0.25, 0.3) is 0 Å². The van der Waals surface area contributed by atoms with Gasteiger partial charge in [-0.25, -0.2) is 0 Å². The number of Topliss-reactive ketones (excluding diaryl/α,β-unsaturated/α-hetero) is 1. The summed E-state index contributed by atoms with van der Waals surface area (Å²) in [6.45, 7) is 4.27. The molecule has 0 aliphatic heterocycles. The molecule has 1 aromatic carbocycles. The van der Waals surface area contributed by atoms with E-state index in [1.54, 1.807) is 0 Å². The standard InChI is InChI=1S/C13H16O/c1-9-3-5-11(6-4-9)13-8-12(14)7-10(13)2/h3-6,10,13H,7-8H2,1-2H3/t10-,13-/m1/s1. The van der Waals surface area contributed by atoms with E-state index in [4.69, 9.17) is 0 Å². The Morgan fingerprint density at radius 2 is 1.79 bits per heavy atom. The molecule has 0 N–H and O–H groups in total. The Hall–Kier alpha value is -1.11. The molecular formula is C13H16O. The van der Waals surface area contributed by atoms with Crippen molar-refractivity contribution in [1.29, 1.82) is 0 Å². The van der Waals surface area contributed by atoms with E-state index in [0.29, 0.717) is 17.6 Å². The molecule has 0 radical (unpaired) electrons. The zero-order chi connectivity index (χ0) is 10.1. The van der Waals surface area contributed by atoms with Crippen molar-refractivity contribution in [2.75, 3.05) is 0 Å². The highest BCUT2D eigenvalue weighted by molar-refractivity contribution is 5.82. The monoisotopic (exact) mass is 188 g/mol. The first-order valence-corrected chi connectivity index (χ1v) is 5.25. The van der Waals surface area contributed by atoms with Crippen molar-refractivity contribution < 1.29 is 4.79 Å². The summed E-state index contributed by atoms with van der Waals surface area (Å²) in [6.07, 6.45) is 1.50. The van der Waals surface area contributed by atoms with Crippen molar-refractivity contribution in [3.63, 3.8) is 0 Å². The summed E-state index contributed by atoms with van der Waals surface area (Å²) >= 11 is 0. The van der Waals surface area contributed by atoms with Crippen molar-refractivity contribution in [3.8, 4) is 0 Å². The number of rotatable bonds is 1. The van der Waals surface area contributed by atoms with E-state index >= 15 is 0 Å². The minimum absolute atomic E-state index is 0.420. The second-order valence-electron chi connectivity index (χ2n) is 4.44. The largest absolute Gasteiger partial charge is 0.300 e. The van der Waals surface area contributed by atoms with Gasteiger partial charge in [0.15, 0.2) is 0 Å². The van der Waals surface area contributed by atoms with Gasteiger partial charge in [-0.2, -0.15) is 0 Å². The van der Waals surface area contributed by atoms with Crippen LogP contribution in [0.3, 0.4) is 0 Å². The zero-order valence-corrected chi connectivity index (χ0v) is 8.79. The molecule has 74 valence electrons. The van der Waals surface area contributed by atoms with Crippen molar-refractivity contribution in [1.82, 2.24) is 0 Å². The van der Waals surface area contributed by atoms with Gasteiger partial charge in [0, 0.05) is 12.8 Å². The lowest BCUT2D eigenvalue weighted by molar-refractivity contribution is -0.117. The van der Waals surface area contributed by atoms with Gasteiger partial charge in [-0.1, -0.05) is 36.8 Å². The van der Waals surface area contributed by atoms with Crippen LogP contribution in [0.5, 0.6) is 0 Å². The Labute approximate surface area is 85.1 Å². The van der Waals surface area contributed by atoms with Crippen LogP contribution in [0.4, 0.5) is 0 Å². The maximum atomic E-state index is 11.3. The third-order valence-corrected chi connectivity index (χ3v) is 3.19. The predicted molar refractivity (Wildman–Crippen MR) is 57.3 cm³/mol. The number of benzene rings is 1. The highest BCUT2D eigenvalue weighted by atomic mass is 16.1. The van der Waals surface area contributed by atoms with Gasteiger partial charge in [-0.15, -0.1) is 0 Å². The molecule has 1 aliphatic carbocycles. The normalized spacial score (nSPS) is 26.9. The maximum Gasteiger partial charge on any atom is 0.133 e. The Morgan fingerprint density at radius 3 is 2.29 bits per heavy atom. The van der Waals surface area contributed by atoms with Crippen LogP contribution in [-0.2, 0) is 4.79 Å². The van der Waals surface area contributed by atoms with Gasteiger partial charge >= 0.3 is 0 Å². The second-order valence-corrected chi connectivity index (χ2v) is 4.44. The Bertz CT molecular complexity index is 337. The van der Waals surface area contributed by atoms with E-state index in [0.717, 1.165) is 12.8 Å². The Balaban J connectivity index is 2.23. The first kappa shape index (κ1) is 9.45. The van der Waals surface area contributed by atoms with Crippen LogP contribution in [0.25, 0.3) is 0 Å². The van der Waals surface area contributed by atoms with Crippen molar-refractivity contribution in [2.45, 2.75) is 32.6 Å². The molecule has 0 bridgehead atoms. The minimum atomic E-state index is 0.420. The number of hydrogen-bond acceptors (Lipinski definition) is 1. The van der Waals surface area contributed by atoms with Crippen molar-refractivity contribution >= 4 is 5.78 Å². The molecule has 0 heterocycles. The molecular weight excluding hydrogens is 172 g/mol. The Morgan fingerprint density at radius 1 is 1.14 bits per heavy atom. The highest BCUT2D eigenvalue weighted by Gasteiger charge is 2.30. The SMILES string of the molecule is Cc1ccc([C@@H]2CC(=O)C[C@H]2C)cc1. The summed E-state index contributed by atoms with van der Waals surface area (Å²) in [5.74, 6) is 1.40.